The van der Waals surface area contributed by atoms with Gasteiger partial charge >= 0.3 is 0 Å². The molecule has 0 aromatic rings. The van der Waals surface area contributed by atoms with Crippen molar-refractivity contribution in [3.8, 4) is 0 Å². The second kappa shape index (κ2) is 4.12. The molecule has 0 fully saturated rings. The Bertz CT molecular complexity index is 58.6. The van der Waals surface area contributed by atoms with Gasteiger partial charge in [0.1, 0.15) is 0 Å². The van der Waals surface area contributed by atoms with E-state index in [4.69, 9.17) is 0 Å². The van der Waals surface area contributed by atoms with E-state index in [-0.39, 0.29) is 0 Å². The lowest BCUT2D eigenvalue weighted by atomic mass is 10.2. The van der Waals surface area contributed by atoms with Crippen molar-refractivity contribution in [2.24, 2.45) is 0 Å². The van der Waals surface area contributed by atoms with E-state index in [0.717, 1.165) is 0 Å². The molecule has 7 heavy (non-hydrogen) atoms. The monoisotopic (exact) mass is 114 g/mol. The van der Waals surface area contributed by atoms with Gasteiger partial charge < -0.3 is 0 Å². The SMILES string of the molecule is CCC(=C[SiH3])CC. The predicted molar refractivity (Wildman–Crippen MR) is 38.6 cm³/mol. The molecule has 0 aromatic heterocycles. The molecule has 0 saturated heterocycles. The summed E-state index contributed by atoms with van der Waals surface area (Å²) in [6.07, 6.45) is 2.50. The zero-order chi connectivity index (χ0) is 5.70. The van der Waals surface area contributed by atoms with Crippen LogP contribution in [0.15, 0.2) is 11.3 Å². The summed E-state index contributed by atoms with van der Waals surface area (Å²) in [5, 5.41) is 0. The molecular weight excluding hydrogens is 100 g/mol. The predicted octanol–water partition coefficient (Wildman–Crippen LogP) is 1.06. The molecule has 0 N–H and O–H groups in total. The van der Waals surface area contributed by atoms with Crippen molar-refractivity contribution in [1.29, 1.82) is 0 Å². The normalized spacial score (nSPS) is 8.86. The van der Waals surface area contributed by atoms with E-state index >= 15 is 0 Å². The summed E-state index contributed by atoms with van der Waals surface area (Å²) in [7, 11) is 1.23. The second-order valence-electron chi connectivity index (χ2n) is 1.65. The zero-order valence-electron chi connectivity index (χ0n) is 5.49. The minimum Gasteiger partial charge on any atom is -0.106 e. The number of allylic oxidation sites excluding steroid dienone is 1. The van der Waals surface area contributed by atoms with Crippen molar-refractivity contribution in [3.05, 3.63) is 11.3 Å². The molecule has 0 saturated carbocycles. The third-order valence-electron chi connectivity index (χ3n) is 1.32. The Kier molecular flexibility index (Phi) is 4.10. The topological polar surface area (TPSA) is 0 Å². The molecule has 0 aromatic carbocycles. The van der Waals surface area contributed by atoms with Crippen LogP contribution in [-0.2, 0) is 0 Å². The third kappa shape index (κ3) is 2.63. The van der Waals surface area contributed by atoms with Crippen LogP contribution in [0.4, 0.5) is 0 Å². The number of hydrogen-bond donors (Lipinski definition) is 0. The molecule has 0 amide bonds. The van der Waals surface area contributed by atoms with Crippen molar-refractivity contribution in [2.75, 3.05) is 0 Å². The summed E-state index contributed by atoms with van der Waals surface area (Å²) in [5.41, 5.74) is 3.95. The first-order chi connectivity index (χ1) is 3.35. The van der Waals surface area contributed by atoms with Crippen LogP contribution in [0.1, 0.15) is 26.7 Å². The second-order valence-corrected chi connectivity index (χ2v) is 2.23. The highest BCUT2D eigenvalue weighted by Gasteiger charge is 1.81. The van der Waals surface area contributed by atoms with Gasteiger partial charge in [-0.25, -0.2) is 0 Å². The standard InChI is InChI=1S/C6H14Si/c1-3-6(4-2)5-7/h5H,3-4H2,1-2,7H3. The van der Waals surface area contributed by atoms with Gasteiger partial charge in [-0.15, -0.1) is 5.70 Å². The highest BCUT2D eigenvalue weighted by molar-refractivity contribution is 6.17. The van der Waals surface area contributed by atoms with E-state index in [1.807, 2.05) is 0 Å². The molecule has 0 rings (SSSR count). The van der Waals surface area contributed by atoms with Crippen molar-refractivity contribution < 1.29 is 0 Å². The summed E-state index contributed by atoms with van der Waals surface area (Å²) in [6, 6.07) is 0. The summed E-state index contributed by atoms with van der Waals surface area (Å²) < 4.78 is 0. The fourth-order valence-electron chi connectivity index (χ4n) is 0.658. The van der Waals surface area contributed by atoms with Crippen LogP contribution in [0.3, 0.4) is 0 Å². The highest BCUT2D eigenvalue weighted by Crippen LogP contribution is 2.01. The van der Waals surface area contributed by atoms with Crippen molar-refractivity contribution in [2.45, 2.75) is 26.7 Å². The first kappa shape index (κ1) is 6.96. The van der Waals surface area contributed by atoms with Crippen LogP contribution in [0, 0.1) is 0 Å². The number of hydrogen-bond acceptors (Lipinski definition) is 0. The van der Waals surface area contributed by atoms with Gasteiger partial charge in [0.2, 0.25) is 0 Å². The Morgan fingerprint density at radius 3 is 1.86 bits per heavy atom. The van der Waals surface area contributed by atoms with Gasteiger partial charge in [-0.2, -0.15) is 0 Å². The van der Waals surface area contributed by atoms with E-state index in [9.17, 15) is 0 Å². The fraction of sp³-hybridized carbons (Fsp3) is 0.667. The van der Waals surface area contributed by atoms with Crippen LogP contribution < -0.4 is 0 Å². The summed E-state index contributed by atoms with van der Waals surface area (Å²) >= 11 is 0. The lowest BCUT2D eigenvalue weighted by molar-refractivity contribution is 0.983. The Morgan fingerprint density at radius 2 is 1.86 bits per heavy atom. The maximum absolute atomic E-state index is 2.33. The third-order valence-corrected chi connectivity index (χ3v) is 2.13. The summed E-state index contributed by atoms with van der Waals surface area (Å²) in [5.74, 6) is 0. The molecule has 0 aliphatic heterocycles. The quantitative estimate of drug-likeness (QED) is 0.471. The molecule has 42 valence electrons. The molecule has 0 atom stereocenters. The van der Waals surface area contributed by atoms with E-state index < -0.39 is 0 Å². The minimum atomic E-state index is 1.23. The highest BCUT2D eigenvalue weighted by atomic mass is 28.1. The van der Waals surface area contributed by atoms with Gasteiger partial charge in [-0.1, -0.05) is 19.4 Å². The molecule has 0 bridgehead atoms. The van der Waals surface area contributed by atoms with Crippen LogP contribution in [-0.4, -0.2) is 10.2 Å². The zero-order valence-corrected chi connectivity index (χ0v) is 7.49. The van der Waals surface area contributed by atoms with Crippen molar-refractivity contribution in [1.82, 2.24) is 0 Å². The summed E-state index contributed by atoms with van der Waals surface area (Å²) in [6.45, 7) is 4.43. The Labute approximate surface area is 49.0 Å². The Hall–Kier alpha value is -0.0431. The maximum atomic E-state index is 2.33. The van der Waals surface area contributed by atoms with Crippen molar-refractivity contribution in [3.63, 3.8) is 0 Å². The molecule has 0 heterocycles. The molecule has 0 unspecified atom stereocenters. The maximum Gasteiger partial charge on any atom is 0.0290 e. The lowest BCUT2D eigenvalue weighted by Crippen LogP contribution is -1.74. The average molecular weight is 114 g/mol. The first-order valence-corrected chi connectivity index (χ1v) is 4.14. The molecule has 0 aliphatic rings. The van der Waals surface area contributed by atoms with E-state index in [2.05, 4.69) is 19.5 Å². The van der Waals surface area contributed by atoms with Gasteiger partial charge in [0.25, 0.3) is 0 Å². The smallest absolute Gasteiger partial charge is 0.0290 e. The van der Waals surface area contributed by atoms with Crippen LogP contribution >= 0.6 is 0 Å². The molecule has 0 aliphatic carbocycles. The first-order valence-electron chi connectivity index (χ1n) is 2.99. The largest absolute Gasteiger partial charge is 0.106 e. The molecule has 0 nitrogen and oxygen atoms in total. The van der Waals surface area contributed by atoms with Crippen molar-refractivity contribution >= 4 is 10.2 Å². The van der Waals surface area contributed by atoms with Crippen LogP contribution in [0.2, 0.25) is 0 Å². The van der Waals surface area contributed by atoms with E-state index in [1.165, 1.54) is 23.1 Å². The van der Waals surface area contributed by atoms with Gasteiger partial charge in [-0.3, -0.25) is 0 Å². The summed E-state index contributed by atoms with van der Waals surface area (Å²) in [4.78, 5) is 0. The fourth-order valence-corrected chi connectivity index (χ4v) is 1.47. The molecule has 0 spiro atoms. The van der Waals surface area contributed by atoms with Gasteiger partial charge in [0.15, 0.2) is 0 Å². The molecular formula is C6H14Si. The molecule has 0 radical (unpaired) electrons. The van der Waals surface area contributed by atoms with E-state index in [1.54, 1.807) is 5.57 Å². The molecule has 1 heteroatoms. The van der Waals surface area contributed by atoms with Gasteiger partial charge in [0.05, 0.1) is 0 Å². The number of rotatable bonds is 2. The van der Waals surface area contributed by atoms with Crippen LogP contribution in [0.25, 0.3) is 0 Å². The van der Waals surface area contributed by atoms with Gasteiger partial charge in [-0.05, 0) is 12.8 Å². The van der Waals surface area contributed by atoms with Crippen LogP contribution in [0.5, 0.6) is 0 Å². The lowest BCUT2D eigenvalue weighted by Gasteiger charge is -1.93. The average Bonchev–Trinajstić information content (AvgIpc) is 1.72. The Morgan fingerprint density at radius 1 is 1.43 bits per heavy atom. The van der Waals surface area contributed by atoms with Gasteiger partial charge in [0, 0.05) is 10.2 Å². The van der Waals surface area contributed by atoms with E-state index in [0.29, 0.717) is 0 Å². The minimum absolute atomic E-state index is 1.23. The Balaban J connectivity index is 3.38.